The first-order chi connectivity index (χ1) is 8.28. The van der Waals surface area contributed by atoms with E-state index in [9.17, 15) is 0 Å². The molecule has 2 rings (SSSR count). The maximum absolute atomic E-state index is 4.41. The molecule has 0 atom stereocenters. The van der Waals surface area contributed by atoms with Gasteiger partial charge in [-0.15, -0.1) is 0 Å². The predicted molar refractivity (Wildman–Crippen MR) is 71.2 cm³/mol. The topological polar surface area (TPSA) is 37.8 Å². The van der Waals surface area contributed by atoms with Crippen LogP contribution in [-0.2, 0) is 0 Å². The van der Waals surface area contributed by atoms with E-state index in [-0.39, 0.29) is 0 Å². The van der Waals surface area contributed by atoms with Gasteiger partial charge in [0.1, 0.15) is 0 Å². The average molecular weight is 225 g/mol. The van der Waals surface area contributed by atoms with E-state index in [2.05, 4.69) is 15.3 Å². The SMILES string of the molecule is CC=Cc1cc(C)nc(Nc2ccccc2)n1. The van der Waals surface area contributed by atoms with Gasteiger partial charge in [0, 0.05) is 11.4 Å². The molecule has 0 radical (unpaired) electrons. The van der Waals surface area contributed by atoms with Gasteiger partial charge in [-0.2, -0.15) is 0 Å². The predicted octanol–water partition coefficient (Wildman–Crippen LogP) is 3.56. The van der Waals surface area contributed by atoms with Crippen molar-refractivity contribution < 1.29 is 0 Å². The minimum atomic E-state index is 0.629. The maximum Gasteiger partial charge on any atom is 0.227 e. The van der Waals surface area contributed by atoms with E-state index in [4.69, 9.17) is 0 Å². The van der Waals surface area contributed by atoms with Crippen LogP contribution in [0.3, 0.4) is 0 Å². The number of hydrogen-bond donors (Lipinski definition) is 1. The minimum Gasteiger partial charge on any atom is -0.324 e. The van der Waals surface area contributed by atoms with Crippen LogP contribution >= 0.6 is 0 Å². The van der Waals surface area contributed by atoms with Crippen LogP contribution in [0.2, 0.25) is 0 Å². The summed E-state index contributed by atoms with van der Waals surface area (Å²) in [6.45, 7) is 3.94. The zero-order valence-electron chi connectivity index (χ0n) is 10.0. The first-order valence-electron chi connectivity index (χ1n) is 5.58. The normalized spacial score (nSPS) is 10.7. The second kappa shape index (κ2) is 5.25. The van der Waals surface area contributed by atoms with E-state index in [0.29, 0.717) is 5.95 Å². The van der Waals surface area contributed by atoms with Gasteiger partial charge in [0.15, 0.2) is 0 Å². The van der Waals surface area contributed by atoms with Gasteiger partial charge in [-0.3, -0.25) is 0 Å². The molecule has 1 aromatic carbocycles. The van der Waals surface area contributed by atoms with E-state index in [1.54, 1.807) is 0 Å². The summed E-state index contributed by atoms with van der Waals surface area (Å²) in [7, 11) is 0. The zero-order chi connectivity index (χ0) is 12.1. The highest BCUT2D eigenvalue weighted by molar-refractivity contribution is 5.55. The van der Waals surface area contributed by atoms with Crippen molar-refractivity contribution in [1.29, 1.82) is 0 Å². The van der Waals surface area contributed by atoms with Gasteiger partial charge in [-0.25, -0.2) is 9.97 Å². The van der Waals surface area contributed by atoms with Crippen LogP contribution in [0.15, 0.2) is 42.5 Å². The molecule has 17 heavy (non-hydrogen) atoms. The van der Waals surface area contributed by atoms with Gasteiger partial charge in [0.25, 0.3) is 0 Å². The smallest absolute Gasteiger partial charge is 0.227 e. The molecule has 1 aromatic heterocycles. The molecule has 0 aliphatic carbocycles. The monoisotopic (exact) mass is 225 g/mol. The quantitative estimate of drug-likeness (QED) is 0.867. The van der Waals surface area contributed by atoms with Crippen molar-refractivity contribution >= 4 is 17.7 Å². The molecule has 3 nitrogen and oxygen atoms in total. The molecule has 3 heteroatoms. The Morgan fingerprint density at radius 2 is 1.88 bits per heavy atom. The van der Waals surface area contributed by atoms with E-state index in [0.717, 1.165) is 17.1 Å². The minimum absolute atomic E-state index is 0.629. The fourth-order valence-electron chi connectivity index (χ4n) is 1.56. The average Bonchev–Trinajstić information content (AvgIpc) is 2.30. The van der Waals surface area contributed by atoms with Crippen molar-refractivity contribution in [2.24, 2.45) is 0 Å². The fraction of sp³-hybridized carbons (Fsp3) is 0.143. The van der Waals surface area contributed by atoms with Crippen LogP contribution in [0.1, 0.15) is 18.3 Å². The summed E-state index contributed by atoms with van der Waals surface area (Å²) in [6, 6.07) is 11.9. The molecule has 0 amide bonds. The summed E-state index contributed by atoms with van der Waals surface area (Å²) >= 11 is 0. The second-order valence-electron chi connectivity index (χ2n) is 3.75. The van der Waals surface area contributed by atoms with Gasteiger partial charge in [0.05, 0.1) is 5.69 Å². The number of allylic oxidation sites excluding steroid dienone is 1. The molecule has 0 saturated carbocycles. The van der Waals surface area contributed by atoms with Crippen LogP contribution in [0, 0.1) is 6.92 Å². The van der Waals surface area contributed by atoms with Crippen molar-refractivity contribution in [3.05, 3.63) is 53.9 Å². The number of anilines is 2. The van der Waals surface area contributed by atoms with Crippen molar-refractivity contribution in [3.63, 3.8) is 0 Å². The largest absolute Gasteiger partial charge is 0.324 e. The lowest BCUT2D eigenvalue weighted by Gasteiger charge is -2.06. The number of para-hydroxylation sites is 1. The molecule has 0 unspecified atom stereocenters. The molecular weight excluding hydrogens is 210 g/mol. The summed E-state index contributed by atoms with van der Waals surface area (Å²) in [5, 5.41) is 3.19. The molecule has 1 heterocycles. The molecule has 2 aromatic rings. The van der Waals surface area contributed by atoms with Gasteiger partial charge in [-0.05, 0) is 38.1 Å². The molecule has 0 spiro atoms. The van der Waals surface area contributed by atoms with E-state index in [1.807, 2.05) is 62.4 Å². The van der Waals surface area contributed by atoms with Crippen molar-refractivity contribution in [2.75, 3.05) is 5.32 Å². The third-order valence-corrected chi connectivity index (χ3v) is 2.24. The van der Waals surface area contributed by atoms with Crippen molar-refractivity contribution in [2.45, 2.75) is 13.8 Å². The van der Waals surface area contributed by atoms with Crippen molar-refractivity contribution in [3.8, 4) is 0 Å². The fourth-order valence-corrected chi connectivity index (χ4v) is 1.56. The van der Waals surface area contributed by atoms with Crippen LogP contribution < -0.4 is 5.32 Å². The number of rotatable bonds is 3. The maximum atomic E-state index is 4.41. The van der Waals surface area contributed by atoms with Gasteiger partial charge in [-0.1, -0.05) is 24.3 Å². The van der Waals surface area contributed by atoms with Crippen LogP contribution in [-0.4, -0.2) is 9.97 Å². The Bertz CT molecular complexity index is 518. The van der Waals surface area contributed by atoms with Gasteiger partial charge in [0.2, 0.25) is 5.95 Å². The summed E-state index contributed by atoms with van der Waals surface area (Å²) in [4.78, 5) is 8.76. The third kappa shape index (κ3) is 3.14. The molecule has 0 fully saturated rings. The Labute approximate surface area is 101 Å². The number of aromatic nitrogens is 2. The van der Waals surface area contributed by atoms with Crippen LogP contribution in [0.5, 0.6) is 0 Å². The number of hydrogen-bond acceptors (Lipinski definition) is 3. The Morgan fingerprint density at radius 1 is 1.12 bits per heavy atom. The first kappa shape index (κ1) is 11.3. The third-order valence-electron chi connectivity index (χ3n) is 2.24. The second-order valence-corrected chi connectivity index (χ2v) is 3.75. The Balaban J connectivity index is 2.27. The number of nitrogens with one attached hydrogen (secondary N) is 1. The number of aryl methyl sites for hydroxylation is 1. The summed E-state index contributed by atoms with van der Waals surface area (Å²) in [5.41, 5.74) is 2.86. The highest BCUT2D eigenvalue weighted by Crippen LogP contribution is 2.13. The highest BCUT2D eigenvalue weighted by atomic mass is 15.1. The summed E-state index contributed by atoms with van der Waals surface area (Å²) < 4.78 is 0. The molecule has 86 valence electrons. The van der Waals surface area contributed by atoms with Crippen LogP contribution in [0.25, 0.3) is 6.08 Å². The molecule has 0 aliphatic rings. The Hall–Kier alpha value is -2.16. The summed E-state index contributed by atoms with van der Waals surface area (Å²) in [5.74, 6) is 0.629. The van der Waals surface area contributed by atoms with Crippen LogP contribution in [0.4, 0.5) is 11.6 Å². The molecule has 0 saturated heterocycles. The molecule has 0 aliphatic heterocycles. The van der Waals surface area contributed by atoms with E-state index in [1.165, 1.54) is 0 Å². The number of benzene rings is 1. The molecule has 0 bridgehead atoms. The highest BCUT2D eigenvalue weighted by Gasteiger charge is 2.00. The Morgan fingerprint density at radius 3 is 2.59 bits per heavy atom. The lowest BCUT2D eigenvalue weighted by Crippen LogP contribution is -1.99. The Kier molecular flexibility index (Phi) is 3.50. The number of nitrogens with zero attached hydrogens (tertiary/aromatic N) is 2. The lowest BCUT2D eigenvalue weighted by molar-refractivity contribution is 1.09. The van der Waals surface area contributed by atoms with Gasteiger partial charge >= 0.3 is 0 Å². The van der Waals surface area contributed by atoms with Crippen molar-refractivity contribution in [1.82, 2.24) is 9.97 Å². The zero-order valence-corrected chi connectivity index (χ0v) is 10.0. The van der Waals surface area contributed by atoms with E-state index < -0.39 is 0 Å². The summed E-state index contributed by atoms with van der Waals surface area (Å²) in [6.07, 6.45) is 3.93. The van der Waals surface area contributed by atoms with E-state index >= 15 is 0 Å². The standard InChI is InChI=1S/C14H15N3/c1-3-7-13-10-11(2)15-14(17-13)16-12-8-5-4-6-9-12/h3-10H,1-2H3,(H,15,16,17). The molecular formula is C14H15N3. The lowest BCUT2D eigenvalue weighted by atomic mass is 10.3. The van der Waals surface area contributed by atoms with Gasteiger partial charge < -0.3 is 5.32 Å². The first-order valence-corrected chi connectivity index (χ1v) is 5.58. The molecule has 1 N–H and O–H groups in total.